The number of ether oxygens (including phenoxy) is 1. The van der Waals surface area contributed by atoms with Crippen LogP contribution in [0.4, 0.5) is 5.69 Å². The van der Waals surface area contributed by atoms with E-state index in [0.717, 1.165) is 6.07 Å². The molecule has 1 aromatic heterocycles. The summed E-state index contributed by atoms with van der Waals surface area (Å²) in [6, 6.07) is 8.53. The molecule has 0 amide bonds. The Morgan fingerprint density at radius 3 is 2.71 bits per heavy atom. The lowest BCUT2D eigenvalue weighted by Crippen LogP contribution is -2.24. The highest BCUT2D eigenvalue weighted by Gasteiger charge is 2.24. The lowest BCUT2D eigenvalue weighted by atomic mass is 10.3. The summed E-state index contributed by atoms with van der Waals surface area (Å²) in [5, 5.41) is 10.9. The van der Waals surface area contributed by atoms with Crippen molar-refractivity contribution in [3.8, 4) is 17.6 Å². The van der Waals surface area contributed by atoms with Gasteiger partial charge in [0.05, 0.1) is 17.7 Å². The third-order valence-electron chi connectivity index (χ3n) is 2.77. The van der Waals surface area contributed by atoms with Gasteiger partial charge in [0.25, 0.3) is 5.69 Å². The van der Waals surface area contributed by atoms with Gasteiger partial charge in [-0.25, -0.2) is 8.42 Å². The minimum Gasteiger partial charge on any atom is -0.479 e. The van der Waals surface area contributed by atoms with Gasteiger partial charge in [-0.05, 0) is 18.2 Å². The number of sulfonamides is 1. The summed E-state index contributed by atoms with van der Waals surface area (Å²) in [6.07, 6.45) is 3.13. The smallest absolute Gasteiger partial charge is 0.289 e. The lowest BCUT2D eigenvalue weighted by Gasteiger charge is -2.04. The van der Waals surface area contributed by atoms with Crippen LogP contribution in [-0.2, 0) is 10.0 Å². The fourth-order valence-corrected chi connectivity index (χ4v) is 2.80. The first-order chi connectivity index (χ1) is 11.5. The molecule has 1 aromatic carbocycles. The molecule has 0 fully saturated rings. The van der Waals surface area contributed by atoms with Crippen LogP contribution in [0, 0.1) is 22.0 Å². The Bertz CT molecular complexity index is 873. The first-order valence-corrected chi connectivity index (χ1v) is 8.20. The lowest BCUT2D eigenvalue weighted by molar-refractivity contribution is -0.387. The molecule has 0 unspecified atom stereocenters. The van der Waals surface area contributed by atoms with Crippen molar-refractivity contribution in [3.05, 3.63) is 58.9 Å². The monoisotopic (exact) mass is 347 g/mol. The number of para-hydroxylation sites is 1. The number of benzene rings is 1. The minimum absolute atomic E-state index is 0.0684. The Labute approximate surface area is 138 Å². The van der Waals surface area contributed by atoms with E-state index in [-0.39, 0.29) is 13.2 Å². The molecule has 0 atom stereocenters. The van der Waals surface area contributed by atoms with Crippen LogP contribution in [0.15, 0.2) is 53.7 Å². The molecule has 0 aliphatic carbocycles. The summed E-state index contributed by atoms with van der Waals surface area (Å²) in [4.78, 5) is 13.6. The van der Waals surface area contributed by atoms with Crippen molar-refractivity contribution in [2.75, 3.05) is 13.2 Å². The normalized spacial score (nSPS) is 10.5. The number of pyridine rings is 1. The van der Waals surface area contributed by atoms with Crippen LogP contribution in [0.25, 0.3) is 0 Å². The van der Waals surface area contributed by atoms with E-state index < -0.39 is 25.5 Å². The predicted molar refractivity (Wildman–Crippen MR) is 85.8 cm³/mol. The molecule has 0 bridgehead atoms. The first kappa shape index (κ1) is 17.4. The molecule has 24 heavy (non-hydrogen) atoms. The second-order valence-electron chi connectivity index (χ2n) is 4.38. The zero-order chi connectivity index (χ0) is 17.4. The summed E-state index contributed by atoms with van der Waals surface area (Å²) >= 11 is 0. The van der Waals surface area contributed by atoms with Gasteiger partial charge in [-0.1, -0.05) is 24.0 Å². The number of nitrogens with zero attached hydrogens (tertiary/aromatic N) is 2. The van der Waals surface area contributed by atoms with Gasteiger partial charge in [-0.3, -0.25) is 15.1 Å². The molecule has 1 N–H and O–H groups in total. The van der Waals surface area contributed by atoms with Crippen LogP contribution in [0.5, 0.6) is 5.75 Å². The molecular weight excluding hydrogens is 334 g/mol. The third kappa shape index (κ3) is 4.77. The van der Waals surface area contributed by atoms with E-state index in [1.807, 2.05) is 0 Å². The van der Waals surface area contributed by atoms with Gasteiger partial charge in [0.2, 0.25) is 10.0 Å². The Hall–Kier alpha value is -2.96. The molecule has 1 heterocycles. The van der Waals surface area contributed by atoms with Crippen LogP contribution in [-0.4, -0.2) is 31.5 Å². The number of rotatable bonds is 6. The van der Waals surface area contributed by atoms with E-state index in [1.54, 1.807) is 18.3 Å². The van der Waals surface area contributed by atoms with Crippen molar-refractivity contribution in [1.82, 2.24) is 9.71 Å². The number of nitrogens with one attached hydrogen (secondary N) is 1. The maximum Gasteiger partial charge on any atom is 0.289 e. The summed E-state index contributed by atoms with van der Waals surface area (Å²) in [6.45, 7) is -0.121. The summed E-state index contributed by atoms with van der Waals surface area (Å²) in [7, 11) is -4.02. The average Bonchev–Trinajstić information content (AvgIpc) is 2.59. The van der Waals surface area contributed by atoms with Crippen LogP contribution >= 0.6 is 0 Å². The summed E-state index contributed by atoms with van der Waals surface area (Å²) in [5.74, 6) is 5.76. The highest BCUT2D eigenvalue weighted by molar-refractivity contribution is 7.89. The second kappa shape index (κ2) is 8.05. The molecule has 124 valence electrons. The molecule has 0 saturated carbocycles. The van der Waals surface area contributed by atoms with Gasteiger partial charge in [0.15, 0.2) is 4.90 Å². The van der Waals surface area contributed by atoms with Crippen molar-refractivity contribution >= 4 is 15.7 Å². The summed E-state index contributed by atoms with van der Waals surface area (Å²) in [5.41, 5.74) is -0.488. The third-order valence-corrected chi connectivity index (χ3v) is 4.22. The molecule has 0 spiro atoms. The highest BCUT2D eigenvalue weighted by Crippen LogP contribution is 2.22. The predicted octanol–water partition coefficient (Wildman–Crippen LogP) is 1.35. The maximum atomic E-state index is 12.1. The van der Waals surface area contributed by atoms with Crippen molar-refractivity contribution in [3.63, 3.8) is 0 Å². The SMILES string of the molecule is O=[N+]([O-])c1ccccc1S(=O)(=O)NCC#CCOc1cccnc1. The van der Waals surface area contributed by atoms with Crippen molar-refractivity contribution < 1.29 is 18.1 Å². The highest BCUT2D eigenvalue weighted by atomic mass is 32.2. The Kier molecular flexibility index (Phi) is 5.83. The number of hydrogen-bond donors (Lipinski definition) is 1. The molecule has 0 aliphatic heterocycles. The fraction of sp³-hybridized carbons (Fsp3) is 0.133. The van der Waals surface area contributed by atoms with Crippen molar-refractivity contribution in [2.45, 2.75) is 4.90 Å². The molecule has 0 saturated heterocycles. The van der Waals surface area contributed by atoms with E-state index in [0.29, 0.717) is 5.75 Å². The quantitative estimate of drug-likeness (QED) is 0.480. The molecule has 8 nitrogen and oxygen atoms in total. The van der Waals surface area contributed by atoms with Gasteiger partial charge >= 0.3 is 0 Å². The zero-order valence-electron chi connectivity index (χ0n) is 12.4. The number of aromatic nitrogens is 1. The van der Waals surface area contributed by atoms with E-state index in [2.05, 4.69) is 21.5 Å². The Morgan fingerprint density at radius 1 is 1.21 bits per heavy atom. The van der Waals surface area contributed by atoms with Gasteiger partial charge in [0, 0.05) is 12.3 Å². The Morgan fingerprint density at radius 2 is 2.00 bits per heavy atom. The molecule has 2 rings (SSSR count). The number of hydrogen-bond acceptors (Lipinski definition) is 6. The largest absolute Gasteiger partial charge is 0.479 e. The standard InChI is InChI=1S/C15H13N3O5S/c19-18(20)14-7-1-2-8-15(14)24(21,22)17-10-3-4-11-23-13-6-5-9-16-12-13/h1-2,5-9,12,17H,10-11H2. The van der Waals surface area contributed by atoms with Gasteiger partial charge < -0.3 is 4.74 Å². The fourth-order valence-electron chi connectivity index (χ4n) is 1.71. The minimum atomic E-state index is -4.02. The van der Waals surface area contributed by atoms with Crippen LogP contribution in [0.1, 0.15) is 0 Å². The van der Waals surface area contributed by atoms with Gasteiger partial charge in [-0.2, -0.15) is 4.72 Å². The van der Waals surface area contributed by atoms with E-state index in [4.69, 9.17) is 4.74 Å². The molecule has 9 heteroatoms. The number of nitro groups is 1. The molecular formula is C15H13N3O5S. The topological polar surface area (TPSA) is 111 Å². The maximum absolute atomic E-state index is 12.1. The van der Waals surface area contributed by atoms with Crippen LogP contribution in [0.2, 0.25) is 0 Å². The first-order valence-electron chi connectivity index (χ1n) is 6.72. The van der Waals surface area contributed by atoms with Gasteiger partial charge in [0.1, 0.15) is 12.4 Å². The van der Waals surface area contributed by atoms with Gasteiger partial charge in [-0.15, -0.1) is 0 Å². The molecule has 0 radical (unpaired) electrons. The van der Waals surface area contributed by atoms with E-state index in [9.17, 15) is 18.5 Å². The Balaban J connectivity index is 1.92. The van der Waals surface area contributed by atoms with Crippen LogP contribution in [0.3, 0.4) is 0 Å². The van der Waals surface area contributed by atoms with E-state index >= 15 is 0 Å². The second-order valence-corrected chi connectivity index (χ2v) is 6.12. The average molecular weight is 347 g/mol. The molecule has 0 aliphatic rings. The van der Waals surface area contributed by atoms with E-state index in [1.165, 1.54) is 24.4 Å². The number of nitro benzene ring substituents is 1. The summed E-state index contributed by atoms with van der Waals surface area (Å²) < 4.78 is 31.6. The zero-order valence-corrected chi connectivity index (χ0v) is 13.2. The van der Waals surface area contributed by atoms with Crippen molar-refractivity contribution in [2.24, 2.45) is 0 Å². The van der Waals surface area contributed by atoms with Crippen LogP contribution < -0.4 is 9.46 Å². The molecule has 2 aromatic rings. The van der Waals surface area contributed by atoms with Crippen molar-refractivity contribution in [1.29, 1.82) is 0 Å².